The van der Waals surface area contributed by atoms with Crippen molar-refractivity contribution in [1.82, 2.24) is 9.71 Å². The molecule has 0 amide bonds. The molecular formula is C9H15N3O4S2. The van der Waals surface area contributed by atoms with Gasteiger partial charge in [-0.15, -0.1) is 11.3 Å². The van der Waals surface area contributed by atoms with Crippen LogP contribution in [0.4, 0.5) is 5.13 Å². The summed E-state index contributed by atoms with van der Waals surface area (Å²) in [5, 5.41) is 13.6. The molecule has 7 nitrogen and oxygen atoms in total. The molecule has 0 unspecified atom stereocenters. The van der Waals surface area contributed by atoms with Gasteiger partial charge in [-0.2, -0.15) is 0 Å². The first kappa shape index (κ1) is 14.9. The molecule has 0 fully saturated rings. The lowest BCUT2D eigenvalue weighted by Gasteiger charge is -2.04. The van der Waals surface area contributed by atoms with Crippen molar-refractivity contribution in [1.29, 1.82) is 0 Å². The number of carbonyl (C=O) groups is 1. The number of carboxylic acid groups (broad SMARTS) is 1. The van der Waals surface area contributed by atoms with Crippen molar-refractivity contribution in [3.63, 3.8) is 0 Å². The summed E-state index contributed by atoms with van der Waals surface area (Å²) in [4.78, 5) is 14.5. The molecule has 1 heterocycles. The van der Waals surface area contributed by atoms with E-state index < -0.39 is 16.0 Å². The Hall–Kier alpha value is -1.19. The third-order valence-corrected chi connectivity index (χ3v) is 4.21. The van der Waals surface area contributed by atoms with E-state index in [-0.39, 0.29) is 18.7 Å². The van der Waals surface area contributed by atoms with Gasteiger partial charge >= 0.3 is 5.97 Å². The lowest BCUT2D eigenvalue weighted by molar-refractivity contribution is -0.136. The normalized spacial score (nSPS) is 11.4. The van der Waals surface area contributed by atoms with Crippen LogP contribution in [-0.4, -0.2) is 43.3 Å². The van der Waals surface area contributed by atoms with Gasteiger partial charge in [0, 0.05) is 18.5 Å². The van der Waals surface area contributed by atoms with E-state index in [4.69, 9.17) is 5.11 Å². The summed E-state index contributed by atoms with van der Waals surface area (Å²) in [5.74, 6) is -0.990. The fraction of sp³-hybridized carbons (Fsp3) is 0.556. The molecule has 102 valence electrons. The maximum atomic E-state index is 11.3. The highest BCUT2D eigenvalue weighted by Gasteiger charge is 2.09. The van der Waals surface area contributed by atoms with Crippen LogP contribution in [0, 0.1) is 0 Å². The first-order valence-electron chi connectivity index (χ1n) is 5.30. The van der Waals surface area contributed by atoms with Crippen LogP contribution in [0.2, 0.25) is 0 Å². The number of aliphatic carboxylic acids is 1. The minimum atomic E-state index is -3.24. The zero-order valence-corrected chi connectivity index (χ0v) is 11.5. The largest absolute Gasteiger partial charge is 0.481 e. The predicted molar refractivity (Wildman–Crippen MR) is 69.4 cm³/mol. The maximum absolute atomic E-state index is 11.3. The van der Waals surface area contributed by atoms with Crippen LogP contribution in [-0.2, 0) is 21.2 Å². The summed E-state index contributed by atoms with van der Waals surface area (Å²) < 4.78 is 25.0. The summed E-state index contributed by atoms with van der Waals surface area (Å²) in [7, 11) is -3.24. The van der Waals surface area contributed by atoms with Crippen molar-refractivity contribution in [2.24, 2.45) is 0 Å². The zero-order valence-electron chi connectivity index (χ0n) is 9.84. The quantitative estimate of drug-likeness (QED) is 0.628. The van der Waals surface area contributed by atoms with Gasteiger partial charge in [0.2, 0.25) is 10.0 Å². The molecule has 0 spiro atoms. The van der Waals surface area contributed by atoms with Gasteiger partial charge in [-0.25, -0.2) is 18.1 Å². The van der Waals surface area contributed by atoms with Crippen molar-refractivity contribution in [3.05, 3.63) is 11.1 Å². The predicted octanol–water partition coefficient (Wildman–Crippen LogP) is 0.121. The van der Waals surface area contributed by atoms with Gasteiger partial charge in [-0.3, -0.25) is 4.79 Å². The van der Waals surface area contributed by atoms with E-state index in [1.807, 2.05) is 0 Å². The van der Waals surface area contributed by atoms with Gasteiger partial charge < -0.3 is 10.4 Å². The topological polar surface area (TPSA) is 108 Å². The Balaban J connectivity index is 2.40. The molecule has 1 aromatic heterocycles. The van der Waals surface area contributed by atoms with Crippen molar-refractivity contribution < 1.29 is 18.3 Å². The molecule has 0 aromatic carbocycles. The molecule has 0 aliphatic heterocycles. The third-order valence-electron chi connectivity index (χ3n) is 1.90. The van der Waals surface area contributed by atoms with Gasteiger partial charge in [-0.1, -0.05) is 6.92 Å². The number of rotatable bonds is 8. The van der Waals surface area contributed by atoms with Crippen LogP contribution in [0.3, 0.4) is 0 Å². The number of sulfonamides is 1. The summed E-state index contributed by atoms with van der Waals surface area (Å²) in [6.07, 6.45) is -0.131. The molecule has 0 aliphatic carbocycles. The molecule has 0 atom stereocenters. The van der Waals surface area contributed by atoms with Crippen LogP contribution in [0.25, 0.3) is 0 Å². The van der Waals surface area contributed by atoms with Gasteiger partial charge in [-0.05, 0) is 0 Å². The van der Waals surface area contributed by atoms with E-state index in [1.54, 1.807) is 12.3 Å². The first-order valence-corrected chi connectivity index (χ1v) is 7.83. The Morgan fingerprint density at radius 1 is 1.56 bits per heavy atom. The van der Waals surface area contributed by atoms with Crippen LogP contribution < -0.4 is 10.0 Å². The van der Waals surface area contributed by atoms with Gasteiger partial charge in [0.05, 0.1) is 17.9 Å². The Labute approximate surface area is 109 Å². The van der Waals surface area contributed by atoms with Crippen molar-refractivity contribution >= 4 is 32.5 Å². The Bertz CT molecular complexity index is 498. The van der Waals surface area contributed by atoms with Crippen molar-refractivity contribution in [2.75, 3.05) is 24.2 Å². The van der Waals surface area contributed by atoms with Crippen LogP contribution >= 0.6 is 11.3 Å². The molecule has 1 rings (SSSR count). The van der Waals surface area contributed by atoms with Gasteiger partial charge in [0.1, 0.15) is 0 Å². The molecular weight excluding hydrogens is 278 g/mol. The fourth-order valence-corrected chi connectivity index (χ4v) is 2.90. The van der Waals surface area contributed by atoms with Crippen molar-refractivity contribution in [3.8, 4) is 0 Å². The molecule has 3 N–H and O–H groups in total. The van der Waals surface area contributed by atoms with Crippen LogP contribution in [0.15, 0.2) is 5.38 Å². The highest BCUT2D eigenvalue weighted by molar-refractivity contribution is 7.89. The minimum Gasteiger partial charge on any atom is -0.481 e. The molecule has 18 heavy (non-hydrogen) atoms. The second-order valence-electron chi connectivity index (χ2n) is 3.46. The first-order chi connectivity index (χ1) is 8.43. The van der Waals surface area contributed by atoms with E-state index in [2.05, 4.69) is 15.0 Å². The van der Waals surface area contributed by atoms with E-state index in [9.17, 15) is 13.2 Å². The Kier molecular flexibility index (Phi) is 5.51. The molecule has 0 bridgehead atoms. The van der Waals surface area contributed by atoms with Crippen LogP contribution in [0.1, 0.15) is 12.6 Å². The number of nitrogens with one attached hydrogen (secondary N) is 2. The van der Waals surface area contributed by atoms with Crippen LogP contribution in [0.5, 0.6) is 0 Å². The van der Waals surface area contributed by atoms with Crippen molar-refractivity contribution in [2.45, 2.75) is 13.3 Å². The second-order valence-corrected chi connectivity index (χ2v) is 6.24. The monoisotopic (exact) mass is 293 g/mol. The number of nitrogens with zero attached hydrogens (tertiary/aromatic N) is 1. The zero-order chi connectivity index (χ0) is 13.6. The molecule has 9 heteroatoms. The number of hydrogen-bond acceptors (Lipinski definition) is 6. The third kappa shape index (κ3) is 5.43. The van der Waals surface area contributed by atoms with E-state index in [0.29, 0.717) is 17.4 Å². The Morgan fingerprint density at radius 3 is 2.89 bits per heavy atom. The molecule has 1 aromatic rings. The standard InChI is InChI=1S/C9H15N3O4S2/c1-2-11-18(15,16)4-3-10-9-12-7(6-17-9)5-8(13)14/h6,11H,2-5H2,1H3,(H,10,12)(H,13,14). The molecule has 0 saturated heterocycles. The summed E-state index contributed by atoms with van der Waals surface area (Å²) in [5.41, 5.74) is 0.463. The average molecular weight is 293 g/mol. The minimum absolute atomic E-state index is 0.0469. The molecule has 0 radical (unpaired) electrons. The number of anilines is 1. The van der Waals surface area contributed by atoms with E-state index in [0.717, 1.165) is 0 Å². The van der Waals surface area contributed by atoms with E-state index >= 15 is 0 Å². The second kappa shape index (κ2) is 6.66. The van der Waals surface area contributed by atoms with Gasteiger partial charge in [0.25, 0.3) is 0 Å². The number of carboxylic acids is 1. The number of aromatic nitrogens is 1. The summed E-state index contributed by atoms with van der Waals surface area (Å²) in [6.45, 7) is 2.31. The fourth-order valence-electron chi connectivity index (χ4n) is 1.21. The highest BCUT2D eigenvalue weighted by Crippen LogP contribution is 2.15. The average Bonchev–Trinajstić information content (AvgIpc) is 2.64. The Morgan fingerprint density at radius 2 is 2.28 bits per heavy atom. The maximum Gasteiger partial charge on any atom is 0.309 e. The molecule has 0 aliphatic rings. The number of thiazole rings is 1. The molecule has 0 saturated carbocycles. The number of hydrogen-bond donors (Lipinski definition) is 3. The summed E-state index contributed by atoms with van der Waals surface area (Å²) >= 11 is 1.25. The smallest absolute Gasteiger partial charge is 0.309 e. The SMILES string of the molecule is CCNS(=O)(=O)CCNc1nc(CC(=O)O)cs1. The highest BCUT2D eigenvalue weighted by atomic mass is 32.2. The summed E-state index contributed by atoms with van der Waals surface area (Å²) in [6, 6.07) is 0. The lowest BCUT2D eigenvalue weighted by Crippen LogP contribution is -2.29. The van der Waals surface area contributed by atoms with E-state index in [1.165, 1.54) is 11.3 Å². The lowest BCUT2D eigenvalue weighted by atomic mass is 10.3. The van der Waals surface area contributed by atoms with Gasteiger partial charge in [0.15, 0.2) is 5.13 Å².